The second-order valence-electron chi connectivity index (χ2n) is 14.1. The summed E-state index contributed by atoms with van der Waals surface area (Å²) >= 11 is 0. The molecule has 0 saturated heterocycles. The lowest BCUT2D eigenvalue weighted by molar-refractivity contribution is -0.133. The van der Waals surface area contributed by atoms with Crippen LogP contribution < -0.4 is 5.32 Å². The van der Waals surface area contributed by atoms with Gasteiger partial charge in [-0.2, -0.15) is 0 Å². The molecule has 2 amide bonds. The predicted octanol–water partition coefficient (Wildman–Crippen LogP) is 8.64. The molecule has 0 heterocycles. The third-order valence-electron chi connectivity index (χ3n) is 8.22. The third-order valence-corrected chi connectivity index (χ3v) is 10.0. The third kappa shape index (κ3) is 26.6. The van der Waals surface area contributed by atoms with Crippen LogP contribution in [0.5, 0.6) is 0 Å². The van der Waals surface area contributed by atoms with Crippen LogP contribution in [0.2, 0.25) is 0 Å². The second-order valence-corrected chi connectivity index (χ2v) is 16.2. The molecule has 0 radical (unpaired) electrons. The van der Waals surface area contributed by atoms with E-state index < -0.39 is 10.0 Å². The van der Waals surface area contributed by atoms with Crippen molar-refractivity contribution in [3.63, 3.8) is 0 Å². The van der Waals surface area contributed by atoms with Crippen molar-refractivity contribution >= 4 is 22.3 Å². The van der Waals surface area contributed by atoms with Gasteiger partial charge in [0.2, 0.25) is 22.3 Å². The van der Waals surface area contributed by atoms with Crippen molar-refractivity contribution in [2.24, 2.45) is 17.8 Å². The molecule has 0 spiro atoms. The van der Waals surface area contributed by atoms with Gasteiger partial charge in [0.15, 0.2) is 0 Å². The van der Waals surface area contributed by atoms with Gasteiger partial charge in [-0.1, -0.05) is 117 Å². The maximum Gasteiger partial charge on any atom is 0.242 e. The number of aliphatic hydroxyl groups is 1. The summed E-state index contributed by atoms with van der Waals surface area (Å²) in [6, 6.07) is 15.2. The molecule has 2 rings (SSSR count). The number of hydrogen-bond donors (Lipinski definition) is 2. The Morgan fingerprint density at radius 3 is 1.78 bits per heavy atom. The minimum atomic E-state index is -3.30. The Bertz CT molecular complexity index is 1290. The number of carbonyl (C=O) groups excluding carboxylic acids is 2. The summed E-state index contributed by atoms with van der Waals surface area (Å²) in [6.45, 7) is 21.0. The van der Waals surface area contributed by atoms with E-state index in [9.17, 15) is 22.4 Å². The number of amides is 2. The van der Waals surface area contributed by atoms with E-state index in [0.717, 1.165) is 63.8 Å². The summed E-state index contributed by atoms with van der Waals surface area (Å²) in [5, 5.41) is 10.0. The average molecular weight is 781 g/mol. The Hall–Kier alpha value is -3.12. The van der Waals surface area contributed by atoms with E-state index in [4.69, 9.17) is 5.11 Å². The Morgan fingerprint density at radius 2 is 1.43 bits per heavy atom. The Morgan fingerprint density at radius 1 is 0.889 bits per heavy atom. The molecular weight excluding hydrogens is 704 g/mol. The second kappa shape index (κ2) is 34.4. The molecule has 2 N–H and O–H groups in total. The molecule has 2 aromatic carbocycles. The molecule has 0 aliphatic rings. The SMILES string of the molecule is C=CCN(C=O)C(CC(C)C)CC(CCC)CCC.CCCCN(C)C(=O)C(C)C.CNCc1ccc(S(=O)(=O)N(C)C)cc1.CO.Fc1ccccc1. The van der Waals surface area contributed by atoms with E-state index in [1.807, 2.05) is 56.0 Å². The summed E-state index contributed by atoms with van der Waals surface area (Å²) < 4.78 is 36.5. The lowest BCUT2D eigenvalue weighted by atomic mass is 9.87. The van der Waals surface area contributed by atoms with Crippen molar-refractivity contribution in [1.29, 1.82) is 0 Å². The molecule has 0 saturated carbocycles. The number of rotatable bonds is 20. The molecule has 0 bridgehead atoms. The minimum Gasteiger partial charge on any atom is -0.400 e. The van der Waals surface area contributed by atoms with E-state index in [1.54, 1.807) is 30.3 Å². The van der Waals surface area contributed by atoms with Crippen molar-refractivity contribution in [1.82, 2.24) is 19.4 Å². The van der Waals surface area contributed by atoms with Crippen LogP contribution in [0, 0.1) is 23.6 Å². The quantitative estimate of drug-likeness (QED) is 0.103. The van der Waals surface area contributed by atoms with Gasteiger partial charge in [0.05, 0.1) is 4.90 Å². The normalized spacial score (nSPS) is 11.1. The van der Waals surface area contributed by atoms with Crippen LogP contribution in [0.3, 0.4) is 0 Å². The highest BCUT2D eigenvalue weighted by Crippen LogP contribution is 2.25. The molecule has 54 heavy (non-hydrogen) atoms. The molecule has 11 heteroatoms. The van der Waals surface area contributed by atoms with Crippen LogP contribution in [-0.2, 0) is 26.2 Å². The van der Waals surface area contributed by atoms with Gasteiger partial charge >= 0.3 is 0 Å². The number of sulfonamides is 1. The molecular formula is C43H77FN4O5S. The largest absolute Gasteiger partial charge is 0.400 e. The molecule has 2 aromatic rings. The van der Waals surface area contributed by atoms with Gasteiger partial charge in [-0.25, -0.2) is 17.1 Å². The Balaban J connectivity index is -0.000000663. The average Bonchev–Trinajstić information content (AvgIpc) is 3.14. The Kier molecular flexibility index (Phi) is 35.2. The molecule has 1 atom stereocenters. The highest BCUT2D eigenvalue weighted by Gasteiger charge is 2.21. The van der Waals surface area contributed by atoms with E-state index in [1.165, 1.54) is 56.2 Å². The van der Waals surface area contributed by atoms with Crippen LogP contribution in [0.4, 0.5) is 4.39 Å². The topological polar surface area (TPSA) is 110 Å². The van der Waals surface area contributed by atoms with Crippen molar-refractivity contribution in [3.05, 3.63) is 78.6 Å². The van der Waals surface area contributed by atoms with Crippen molar-refractivity contribution in [2.45, 2.75) is 117 Å². The summed E-state index contributed by atoms with van der Waals surface area (Å²) in [5.41, 5.74) is 1.07. The smallest absolute Gasteiger partial charge is 0.242 e. The molecule has 0 aliphatic heterocycles. The number of unbranched alkanes of at least 4 members (excludes halogenated alkanes) is 1. The lowest BCUT2D eigenvalue weighted by Gasteiger charge is -2.32. The van der Waals surface area contributed by atoms with Crippen LogP contribution in [-0.4, -0.2) is 94.4 Å². The summed E-state index contributed by atoms with van der Waals surface area (Å²) in [6.07, 6.45) is 12.4. The maximum absolute atomic E-state index is 11.9. The van der Waals surface area contributed by atoms with Crippen LogP contribution in [0.15, 0.2) is 72.1 Å². The first-order chi connectivity index (χ1) is 25.5. The first-order valence-electron chi connectivity index (χ1n) is 19.4. The van der Waals surface area contributed by atoms with Crippen molar-refractivity contribution < 1.29 is 27.5 Å². The van der Waals surface area contributed by atoms with Gasteiger partial charge in [-0.3, -0.25) is 9.59 Å². The maximum atomic E-state index is 11.9. The van der Waals surface area contributed by atoms with Gasteiger partial charge in [0.25, 0.3) is 0 Å². The van der Waals surface area contributed by atoms with Crippen molar-refractivity contribution in [3.8, 4) is 0 Å². The highest BCUT2D eigenvalue weighted by atomic mass is 32.2. The van der Waals surface area contributed by atoms with Crippen molar-refractivity contribution in [2.75, 3.05) is 48.4 Å². The zero-order valence-electron chi connectivity index (χ0n) is 35.9. The number of nitrogens with zero attached hydrogens (tertiary/aromatic N) is 3. The number of nitrogens with one attached hydrogen (secondary N) is 1. The van der Waals surface area contributed by atoms with Gasteiger partial charge in [-0.15, -0.1) is 6.58 Å². The first kappa shape index (κ1) is 55.2. The van der Waals surface area contributed by atoms with E-state index in [0.29, 0.717) is 23.4 Å². The Labute approximate surface area is 330 Å². The van der Waals surface area contributed by atoms with E-state index in [-0.39, 0.29) is 17.6 Å². The number of benzene rings is 2. The molecule has 1 unspecified atom stereocenters. The highest BCUT2D eigenvalue weighted by molar-refractivity contribution is 7.89. The molecule has 0 aromatic heterocycles. The van der Waals surface area contributed by atoms with Gasteiger partial charge < -0.3 is 20.2 Å². The van der Waals surface area contributed by atoms with Crippen LogP contribution in [0.1, 0.15) is 105 Å². The number of carbonyl (C=O) groups is 2. The lowest BCUT2D eigenvalue weighted by Crippen LogP contribution is -2.37. The number of halogens is 1. The minimum absolute atomic E-state index is 0.136. The fraction of sp³-hybridized carbons (Fsp3) is 0.628. The van der Waals surface area contributed by atoms with Crippen LogP contribution in [0.25, 0.3) is 0 Å². The summed E-state index contributed by atoms with van der Waals surface area (Å²) in [4.78, 5) is 26.6. The first-order valence-corrected chi connectivity index (χ1v) is 20.9. The van der Waals surface area contributed by atoms with Gasteiger partial charge in [0.1, 0.15) is 5.82 Å². The molecule has 0 fully saturated rings. The molecule has 9 nitrogen and oxygen atoms in total. The zero-order valence-corrected chi connectivity index (χ0v) is 36.7. The van der Waals surface area contributed by atoms with Gasteiger partial charge in [-0.05, 0) is 68.0 Å². The summed E-state index contributed by atoms with van der Waals surface area (Å²) in [7, 11) is 4.48. The van der Waals surface area contributed by atoms with Gasteiger partial charge in [0, 0.05) is 59.8 Å². The molecule has 0 aliphatic carbocycles. The predicted molar refractivity (Wildman–Crippen MR) is 226 cm³/mol. The fourth-order valence-electron chi connectivity index (χ4n) is 5.47. The number of aliphatic hydroxyl groups excluding tert-OH is 1. The fourth-order valence-corrected chi connectivity index (χ4v) is 6.38. The standard InChI is InChI=1S/C17H33NO.C10H16N2O2S.C9H19NO.C6H5F.CH4O/c1-6-9-16(10-7-2)13-17(12-15(4)5)18(14-19)11-8-3;1-11-8-9-4-6-10(7-5-9)15(13,14)12(2)3;1-5-6-7-10(4)9(11)8(2)3;7-6-4-2-1-3-5-6;1-2/h8,14-17H,3,6-7,9-13H2,1-2,4-5H3;4-7,11H,8H2,1-3H3;8H,5-7H2,1-4H3;1-5H;2H,1H3. The van der Waals surface area contributed by atoms with Crippen LogP contribution >= 0.6 is 0 Å². The van der Waals surface area contributed by atoms with E-state index in [2.05, 4.69) is 46.5 Å². The zero-order chi connectivity index (χ0) is 42.1. The van der Waals surface area contributed by atoms with E-state index >= 15 is 0 Å². The number of hydrogen-bond acceptors (Lipinski definition) is 6. The summed E-state index contributed by atoms with van der Waals surface area (Å²) in [5.74, 6) is 1.59. The monoisotopic (exact) mass is 781 g/mol. The molecule has 312 valence electrons.